The summed E-state index contributed by atoms with van der Waals surface area (Å²) in [6.45, 7) is 1.88. The lowest BCUT2D eigenvalue weighted by atomic mass is 10.1. The molecule has 1 aromatic carbocycles. The van der Waals surface area contributed by atoms with Crippen LogP contribution in [0.2, 0.25) is 0 Å². The molecule has 0 aliphatic carbocycles. The number of aromatic nitrogens is 1. The van der Waals surface area contributed by atoms with Crippen molar-refractivity contribution in [2.75, 3.05) is 0 Å². The standard InChI is InChI=1S/C11H8BrNO3/c1-6-4-7(12)2-3-8(6)10-9(11(14)15)13-5-16-10/h2-5H,1H3,(H,14,15). The fourth-order valence-electron chi connectivity index (χ4n) is 1.47. The zero-order valence-corrected chi connectivity index (χ0v) is 9.98. The monoisotopic (exact) mass is 281 g/mol. The SMILES string of the molecule is Cc1cc(Br)ccc1-c1ocnc1C(=O)O. The second-order valence-electron chi connectivity index (χ2n) is 3.29. The number of carbonyl (C=O) groups is 1. The summed E-state index contributed by atoms with van der Waals surface area (Å²) in [6.07, 6.45) is 1.14. The fourth-order valence-corrected chi connectivity index (χ4v) is 1.95. The van der Waals surface area contributed by atoms with Crippen LogP contribution in [0.1, 0.15) is 16.1 Å². The topological polar surface area (TPSA) is 63.3 Å². The van der Waals surface area contributed by atoms with Crippen molar-refractivity contribution in [3.63, 3.8) is 0 Å². The van der Waals surface area contributed by atoms with Gasteiger partial charge in [-0.25, -0.2) is 9.78 Å². The first kappa shape index (κ1) is 10.9. The van der Waals surface area contributed by atoms with Crippen molar-refractivity contribution >= 4 is 21.9 Å². The quantitative estimate of drug-likeness (QED) is 0.919. The normalized spacial score (nSPS) is 10.4. The first-order valence-corrected chi connectivity index (χ1v) is 5.32. The summed E-state index contributed by atoms with van der Waals surface area (Å²) in [5.41, 5.74) is 1.59. The van der Waals surface area contributed by atoms with Crippen LogP contribution < -0.4 is 0 Å². The molecular weight excluding hydrogens is 274 g/mol. The van der Waals surface area contributed by atoms with Gasteiger partial charge in [-0.3, -0.25) is 0 Å². The molecule has 5 heteroatoms. The first-order chi connectivity index (χ1) is 7.59. The minimum Gasteiger partial charge on any atom is -0.476 e. The van der Waals surface area contributed by atoms with Gasteiger partial charge in [0, 0.05) is 10.0 Å². The Morgan fingerprint density at radius 3 is 2.88 bits per heavy atom. The van der Waals surface area contributed by atoms with Gasteiger partial charge in [0.15, 0.2) is 17.8 Å². The molecule has 16 heavy (non-hydrogen) atoms. The van der Waals surface area contributed by atoms with Gasteiger partial charge in [-0.2, -0.15) is 0 Å². The Balaban J connectivity index is 2.59. The van der Waals surface area contributed by atoms with Crippen LogP contribution in [-0.4, -0.2) is 16.1 Å². The maximum atomic E-state index is 10.9. The molecule has 2 aromatic rings. The first-order valence-electron chi connectivity index (χ1n) is 4.53. The minimum absolute atomic E-state index is 0.0644. The van der Waals surface area contributed by atoms with Gasteiger partial charge in [-0.15, -0.1) is 0 Å². The van der Waals surface area contributed by atoms with Crippen molar-refractivity contribution in [3.05, 3.63) is 40.3 Å². The number of carboxylic acids is 1. The van der Waals surface area contributed by atoms with E-state index in [0.717, 1.165) is 22.0 Å². The van der Waals surface area contributed by atoms with Gasteiger partial charge in [0.05, 0.1) is 0 Å². The molecule has 4 nitrogen and oxygen atoms in total. The number of aromatic carboxylic acids is 1. The van der Waals surface area contributed by atoms with Crippen molar-refractivity contribution in [3.8, 4) is 11.3 Å². The van der Waals surface area contributed by atoms with Crippen LogP contribution in [0.4, 0.5) is 0 Å². The Morgan fingerprint density at radius 1 is 1.50 bits per heavy atom. The molecule has 0 radical (unpaired) electrons. The molecule has 0 saturated carbocycles. The third-order valence-corrected chi connectivity index (χ3v) is 2.70. The van der Waals surface area contributed by atoms with Crippen LogP contribution in [0.5, 0.6) is 0 Å². The van der Waals surface area contributed by atoms with E-state index in [1.807, 2.05) is 19.1 Å². The zero-order chi connectivity index (χ0) is 11.7. The van der Waals surface area contributed by atoms with E-state index in [4.69, 9.17) is 9.52 Å². The highest BCUT2D eigenvalue weighted by Gasteiger charge is 2.18. The van der Waals surface area contributed by atoms with E-state index in [1.165, 1.54) is 0 Å². The summed E-state index contributed by atoms with van der Waals surface area (Å²) in [4.78, 5) is 14.6. The van der Waals surface area contributed by atoms with Crippen molar-refractivity contribution in [1.82, 2.24) is 4.98 Å². The number of hydrogen-bond donors (Lipinski definition) is 1. The summed E-state index contributed by atoms with van der Waals surface area (Å²) < 4.78 is 6.06. The van der Waals surface area contributed by atoms with Crippen LogP contribution in [-0.2, 0) is 0 Å². The summed E-state index contributed by atoms with van der Waals surface area (Å²) in [5, 5.41) is 8.93. The van der Waals surface area contributed by atoms with Crippen molar-refractivity contribution in [2.24, 2.45) is 0 Å². The lowest BCUT2D eigenvalue weighted by Gasteiger charge is -2.03. The summed E-state index contributed by atoms with van der Waals surface area (Å²) >= 11 is 3.34. The van der Waals surface area contributed by atoms with E-state index in [-0.39, 0.29) is 11.5 Å². The molecule has 0 unspecified atom stereocenters. The van der Waals surface area contributed by atoms with Crippen LogP contribution in [0, 0.1) is 6.92 Å². The average molecular weight is 282 g/mol. The van der Waals surface area contributed by atoms with E-state index >= 15 is 0 Å². The third-order valence-electron chi connectivity index (χ3n) is 2.20. The maximum absolute atomic E-state index is 10.9. The van der Waals surface area contributed by atoms with Gasteiger partial charge in [0.2, 0.25) is 0 Å². The number of oxazole rings is 1. The second-order valence-corrected chi connectivity index (χ2v) is 4.21. The molecule has 0 saturated heterocycles. The largest absolute Gasteiger partial charge is 0.476 e. The van der Waals surface area contributed by atoms with Crippen LogP contribution >= 0.6 is 15.9 Å². The van der Waals surface area contributed by atoms with Gasteiger partial charge in [0.25, 0.3) is 0 Å². The molecule has 1 N–H and O–H groups in total. The predicted octanol–water partition coefficient (Wildman–Crippen LogP) is 3.11. The smallest absolute Gasteiger partial charge is 0.358 e. The molecule has 2 rings (SSSR count). The van der Waals surface area contributed by atoms with Crippen LogP contribution in [0.3, 0.4) is 0 Å². The number of benzene rings is 1. The summed E-state index contributed by atoms with van der Waals surface area (Å²) in [6, 6.07) is 5.52. The van der Waals surface area contributed by atoms with Crippen LogP contribution in [0.25, 0.3) is 11.3 Å². The molecule has 0 spiro atoms. The number of nitrogens with zero attached hydrogens (tertiary/aromatic N) is 1. The Morgan fingerprint density at radius 2 is 2.25 bits per heavy atom. The van der Waals surface area contributed by atoms with Crippen LogP contribution in [0.15, 0.2) is 33.5 Å². The fraction of sp³-hybridized carbons (Fsp3) is 0.0909. The molecule has 1 aromatic heterocycles. The van der Waals surface area contributed by atoms with Crippen molar-refractivity contribution in [2.45, 2.75) is 6.92 Å². The van der Waals surface area contributed by atoms with Gasteiger partial charge < -0.3 is 9.52 Å². The number of halogens is 1. The van der Waals surface area contributed by atoms with Crippen molar-refractivity contribution < 1.29 is 14.3 Å². The maximum Gasteiger partial charge on any atom is 0.358 e. The molecule has 0 amide bonds. The molecule has 0 aliphatic rings. The van der Waals surface area contributed by atoms with E-state index in [1.54, 1.807) is 6.07 Å². The molecule has 0 aliphatic heterocycles. The van der Waals surface area contributed by atoms with E-state index in [0.29, 0.717) is 0 Å². The van der Waals surface area contributed by atoms with Gasteiger partial charge in [-0.1, -0.05) is 15.9 Å². The number of rotatable bonds is 2. The van der Waals surface area contributed by atoms with E-state index in [2.05, 4.69) is 20.9 Å². The Bertz CT molecular complexity index is 548. The molecule has 1 heterocycles. The Hall–Kier alpha value is -1.62. The Kier molecular flexibility index (Phi) is 2.78. The molecular formula is C11H8BrNO3. The predicted molar refractivity (Wildman–Crippen MR) is 61.3 cm³/mol. The molecule has 0 atom stereocenters. The van der Waals surface area contributed by atoms with Gasteiger partial charge in [-0.05, 0) is 30.7 Å². The number of aryl methyl sites for hydroxylation is 1. The van der Waals surface area contributed by atoms with Gasteiger partial charge >= 0.3 is 5.97 Å². The Labute approximate surface area is 100 Å². The van der Waals surface area contributed by atoms with Gasteiger partial charge in [0.1, 0.15) is 0 Å². The lowest BCUT2D eigenvalue weighted by molar-refractivity contribution is 0.0691. The minimum atomic E-state index is -1.09. The second kappa shape index (κ2) is 4.09. The highest BCUT2D eigenvalue weighted by molar-refractivity contribution is 9.10. The number of carboxylic acid groups (broad SMARTS) is 1. The highest BCUT2D eigenvalue weighted by Crippen LogP contribution is 2.28. The molecule has 82 valence electrons. The lowest BCUT2D eigenvalue weighted by Crippen LogP contribution is -1.99. The summed E-state index contributed by atoms with van der Waals surface area (Å²) in [5.74, 6) is -0.802. The zero-order valence-electron chi connectivity index (χ0n) is 8.40. The summed E-state index contributed by atoms with van der Waals surface area (Å²) in [7, 11) is 0. The van der Waals surface area contributed by atoms with E-state index in [9.17, 15) is 4.79 Å². The van der Waals surface area contributed by atoms with Crippen molar-refractivity contribution in [1.29, 1.82) is 0 Å². The third kappa shape index (κ3) is 1.86. The average Bonchev–Trinajstić information content (AvgIpc) is 2.66. The number of hydrogen-bond acceptors (Lipinski definition) is 3. The molecule has 0 fully saturated rings. The molecule has 0 bridgehead atoms. The highest BCUT2D eigenvalue weighted by atomic mass is 79.9. The van der Waals surface area contributed by atoms with E-state index < -0.39 is 5.97 Å².